The number of ether oxygens (including phenoxy) is 2. The van der Waals surface area contributed by atoms with Crippen molar-refractivity contribution in [2.75, 3.05) is 18.1 Å². The van der Waals surface area contributed by atoms with E-state index in [9.17, 15) is 9.59 Å². The number of rotatable bonds is 3. The number of para-hydroxylation sites is 1. The quantitative estimate of drug-likeness (QED) is 0.830. The maximum Gasteiger partial charge on any atom is 0.414 e. The van der Waals surface area contributed by atoms with Crippen molar-refractivity contribution in [2.45, 2.75) is 46.1 Å². The first-order chi connectivity index (χ1) is 12.8. The molecule has 1 aromatic carbocycles. The Bertz CT molecular complexity index is 854. The number of aromatic amines is 1. The number of hydrogen-bond donors (Lipinski definition) is 1. The molecule has 0 fully saturated rings. The smallest absolute Gasteiger partial charge is 0.414 e. The van der Waals surface area contributed by atoms with Gasteiger partial charge in [-0.3, -0.25) is 4.90 Å². The van der Waals surface area contributed by atoms with Crippen LogP contribution in [0.5, 0.6) is 0 Å². The molecule has 0 atom stereocenters. The molecule has 1 aliphatic heterocycles. The molecule has 1 aliphatic rings. The number of hydrogen-bond acceptors (Lipinski definition) is 6. The molecule has 1 aromatic heterocycles. The minimum absolute atomic E-state index is 0.0972. The largest absolute Gasteiger partial charge is 0.461 e. The van der Waals surface area contributed by atoms with Crippen molar-refractivity contribution in [3.8, 4) is 11.3 Å². The van der Waals surface area contributed by atoms with Gasteiger partial charge in [0.25, 0.3) is 0 Å². The average molecular weight is 372 g/mol. The van der Waals surface area contributed by atoms with Crippen LogP contribution in [0.4, 0.5) is 10.5 Å². The van der Waals surface area contributed by atoms with Gasteiger partial charge in [-0.05, 0) is 46.1 Å². The van der Waals surface area contributed by atoms with Gasteiger partial charge in [0.1, 0.15) is 11.3 Å². The van der Waals surface area contributed by atoms with E-state index < -0.39 is 17.7 Å². The molecular formula is C19H24N4O4. The van der Waals surface area contributed by atoms with Crippen molar-refractivity contribution in [2.24, 2.45) is 0 Å². The number of amides is 1. The molecule has 8 heteroatoms. The molecule has 2 aromatic rings. The van der Waals surface area contributed by atoms with Crippen molar-refractivity contribution in [3.05, 3.63) is 29.5 Å². The van der Waals surface area contributed by atoms with Crippen LogP contribution in [0.3, 0.4) is 0 Å². The molecule has 2 heterocycles. The maximum absolute atomic E-state index is 12.8. The van der Waals surface area contributed by atoms with Gasteiger partial charge in [0, 0.05) is 12.1 Å². The number of carbonyl (C=O) groups excluding carboxylic acids is 2. The average Bonchev–Trinajstić information content (AvgIpc) is 3.09. The third-order valence-corrected chi connectivity index (χ3v) is 4.10. The van der Waals surface area contributed by atoms with E-state index in [-0.39, 0.29) is 12.3 Å². The van der Waals surface area contributed by atoms with E-state index >= 15 is 0 Å². The zero-order chi connectivity index (χ0) is 19.6. The molecule has 1 amide bonds. The molecule has 0 bridgehead atoms. The van der Waals surface area contributed by atoms with Gasteiger partial charge in [0.05, 0.1) is 12.3 Å². The Hall–Kier alpha value is -2.90. The number of H-pyrrole nitrogens is 1. The highest BCUT2D eigenvalue weighted by Gasteiger charge is 2.31. The van der Waals surface area contributed by atoms with Gasteiger partial charge in [-0.2, -0.15) is 10.3 Å². The molecule has 8 nitrogen and oxygen atoms in total. The number of nitrogens with zero attached hydrogens (tertiary/aromatic N) is 3. The zero-order valence-electron chi connectivity index (χ0n) is 16.0. The van der Waals surface area contributed by atoms with Gasteiger partial charge in [0.15, 0.2) is 5.69 Å². The van der Waals surface area contributed by atoms with Crippen LogP contribution in [-0.2, 0) is 15.9 Å². The normalized spacial score (nSPS) is 13.9. The van der Waals surface area contributed by atoms with Crippen molar-refractivity contribution in [1.29, 1.82) is 0 Å². The molecular weight excluding hydrogens is 348 g/mol. The molecule has 27 heavy (non-hydrogen) atoms. The topological polar surface area (TPSA) is 97.4 Å². The molecule has 0 aliphatic carbocycles. The first-order valence-electron chi connectivity index (χ1n) is 9.02. The number of anilines is 1. The summed E-state index contributed by atoms with van der Waals surface area (Å²) in [6.07, 6.45) is 1.24. The third kappa shape index (κ3) is 3.94. The molecule has 3 rings (SSSR count). The standard InChI is InChI=1S/C19H24N4O4/c1-5-26-17(24)15-14(20-22-21-15)13-10-6-8-12-9-7-11-23(16(12)13)18(25)27-19(2,3)4/h6,8,10H,5,7,9,11H2,1-4H3,(H,20,21,22). The predicted octanol–water partition coefficient (Wildman–Crippen LogP) is 3.34. The van der Waals surface area contributed by atoms with E-state index in [1.54, 1.807) is 11.8 Å². The summed E-state index contributed by atoms with van der Waals surface area (Å²) in [7, 11) is 0. The fourth-order valence-electron chi connectivity index (χ4n) is 3.10. The lowest BCUT2D eigenvalue weighted by Crippen LogP contribution is -2.40. The van der Waals surface area contributed by atoms with Crippen LogP contribution in [0, 0.1) is 0 Å². The van der Waals surface area contributed by atoms with Crippen molar-refractivity contribution in [1.82, 2.24) is 15.4 Å². The van der Waals surface area contributed by atoms with E-state index in [1.165, 1.54) is 0 Å². The van der Waals surface area contributed by atoms with E-state index in [2.05, 4.69) is 15.4 Å². The molecule has 1 N–H and O–H groups in total. The number of aryl methyl sites for hydroxylation is 1. The lowest BCUT2D eigenvalue weighted by atomic mass is 9.96. The van der Waals surface area contributed by atoms with Crippen LogP contribution >= 0.6 is 0 Å². The zero-order valence-corrected chi connectivity index (χ0v) is 16.0. The number of carbonyl (C=O) groups is 2. The van der Waals surface area contributed by atoms with Crippen molar-refractivity contribution >= 4 is 17.7 Å². The second-order valence-electron chi connectivity index (χ2n) is 7.29. The van der Waals surface area contributed by atoms with Crippen molar-refractivity contribution in [3.63, 3.8) is 0 Å². The van der Waals surface area contributed by atoms with Crippen molar-refractivity contribution < 1.29 is 19.1 Å². The predicted molar refractivity (Wildman–Crippen MR) is 99.7 cm³/mol. The molecule has 0 saturated carbocycles. The van der Waals surface area contributed by atoms with Gasteiger partial charge in [0.2, 0.25) is 0 Å². The van der Waals surface area contributed by atoms with E-state index in [0.29, 0.717) is 23.5 Å². The summed E-state index contributed by atoms with van der Waals surface area (Å²) >= 11 is 0. The van der Waals surface area contributed by atoms with Crippen LogP contribution in [0.25, 0.3) is 11.3 Å². The SMILES string of the molecule is CCOC(=O)c1n[nH]nc1-c1cccc2c1N(C(=O)OC(C)(C)C)CCC2. The summed E-state index contributed by atoms with van der Waals surface area (Å²) < 4.78 is 10.6. The minimum atomic E-state index is -0.604. The Morgan fingerprint density at radius 3 is 2.74 bits per heavy atom. The van der Waals surface area contributed by atoms with Gasteiger partial charge in [-0.15, -0.1) is 5.10 Å². The Labute approximate surface area is 157 Å². The summed E-state index contributed by atoms with van der Waals surface area (Å²) in [5.74, 6) is -0.557. The van der Waals surface area contributed by atoms with E-state index in [0.717, 1.165) is 18.4 Å². The number of benzene rings is 1. The summed E-state index contributed by atoms with van der Waals surface area (Å²) in [5.41, 5.74) is 2.21. The summed E-state index contributed by atoms with van der Waals surface area (Å²) in [4.78, 5) is 26.6. The summed E-state index contributed by atoms with van der Waals surface area (Å²) in [5, 5.41) is 10.6. The number of nitrogens with one attached hydrogen (secondary N) is 1. The van der Waals surface area contributed by atoms with Gasteiger partial charge >= 0.3 is 12.1 Å². The number of fused-ring (bicyclic) bond motifs is 1. The van der Waals surface area contributed by atoms with Gasteiger partial charge in [-0.25, -0.2) is 9.59 Å². The fourth-order valence-corrected chi connectivity index (χ4v) is 3.10. The lowest BCUT2D eigenvalue weighted by molar-refractivity contribution is 0.0519. The number of aromatic nitrogens is 3. The highest BCUT2D eigenvalue weighted by atomic mass is 16.6. The molecule has 0 saturated heterocycles. The van der Waals surface area contributed by atoms with Gasteiger partial charge in [-0.1, -0.05) is 18.2 Å². The van der Waals surface area contributed by atoms with E-state index in [4.69, 9.17) is 9.47 Å². The second-order valence-corrected chi connectivity index (χ2v) is 7.29. The maximum atomic E-state index is 12.8. The molecule has 0 radical (unpaired) electrons. The molecule has 144 valence electrons. The lowest BCUT2D eigenvalue weighted by Gasteiger charge is -2.33. The van der Waals surface area contributed by atoms with Crippen LogP contribution in [-0.4, -0.2) is 46.2 Å². The first kappa shape index (κ1) is 18.9. The Balaban J connectivity index is 2.07. The highest BCUT2D eigenvalue weighted by molar-refractivity contribution is 6.00. The van der Waals surface area contributed by atoms with Crippen LogP contribution < -0.4 is 4.90 Å². The molecule has 0 unspecified atom stereocenters. The monoisotopic (exact) mass is 372 g/mol. The Morgan fingerprint density at radius 2 is 2.04 bits per heavy atom. The third-order valence-electron chi connectivity index (χ3n) is 4.10. The first-order valence-corrected chi connectivity index (χ1v) is 9.02. The summed E-state index contributed by atoms with van der Waals surface area (Å²) in [6.45, 7) is 7.99. The highest BCUT2D eigenvalue weighted by Crippen LogP contribution is 2.38. The Kier molecular flexibility index (Phi) is 5.16. The number of esters is 1. The second kappa shape index (κ2) is 7.38. The van der Waals surface area contributed by atoms with E-state index in [1.807, 2.05) is 39.0 Å². The van der Waals surface area contributed by atoms with Crippen LogP contribution in [0.1, 0.15) is 50.2 Å². The van der Waals surface area contributed by atoms with Crippen LogP contribution in [0.15, 0.2) is 18.2 Å². The molecule has 0 spiro atoms. The van der Waals surface area contributed by atoms with Crippen LogP contribution in [0.2, 0.25) is 0 Å². The minimum Gasteiger partial charge on any atom is -0.461 e. The van der Waals surface area contributed by atoms with Gasteiger partial charge < -0.3 is 9.47 Å². The summed E-state index contributed by atoms with van der Waals surface area (Å²) in [6, 6.07) is 5.68. The Morgan fingerprint density at radius 1 is 1.26 bits per heavy atom. The fraction of sp³-hybridized carbons (Fsp3) is 0.474.